The van der Waals surface area contributed by atoms with E-state index in [2.05, 4.69) is 16.6 Å². The highest BCUT2D eigenvalue weighted by Gasteiger charge is 2.21. The number of rotatable bonds is 7. The van der Waals surface area contributed by atoms with Gasteiger partial charge in [-0.3, -0.25) is 9.59 Å². The van der Waals surface area contributed by atoms with Crippen LogP contribution in [0.5, 0.6) is 0 Å². The third-order valence-electron chi connectivity index (χ3n) is 3.57. The van der Waals surface area contributed by atoms with Crippen LogP contribution in [0.3, 0.4) is 0 Å². The first-order chi connectivity index (χ1) is 12.1. The van der Waals surface area contributed by atoms with Crippen LogP contribution in [-0.2, 0) is 4.79 Å². The SMILES string of the molecule is C#Cc1cccc(NC(=O)C(CCSC)NC(=O)c2ccccc2)c1. The number of carbonyl (C=O) groups is 2. The summed E-state index contributed by atoms with van der Waals surface area (Å²) in [7, 11) is 0. The van der Waals surface area contributed by atoms with E-state index in [0.717, 1.165) is 5.75 Å². The van der Waals surface area contributed by atoms with Crippen LogP contribution >= 0.6 is 11.8 Å². The molecule has 4 nitrogen and oxygen atoms in total. The lowest BCUT2D eigenvalue weighted by Gasteiger charge is -2.18. The van der Waals surface area contributed by atoms with Crippen molar-refractivity contribution < 1.29 is 9.59 Å². The zero-order chi connectivity index (χ0) is 18.1. The zero-order valence-corrected chi connectivity index (χ0v) is 14.8. The van der Waals surface area contributed by atoms with E-state index in [0.29, 0.717) is 23.2 Å². The molecule has 0 spiro atoms. The normalized spacial score (nSPS) is 11.2. The second kappa shape index (κ2) is 9.55. The van der Waals surface area contributed by atoms with E-state index in [1.807, 2.05) is 12.3 Å². The molecule has 1 atom stereocenters. The molecule has 0 radical (unpaired) electrons. The van der Waals surface area contributed by atoms with Crippen molar-refractivity contribution in [2.24, 2.45) is 0 Å². The van der Waals surface area contributed by atoms with Crippen molar-refractivity contribution in [3.63, 3.8) is 0 Å². The molecule has 0 bridgehead atoms. The quantitative estimate of drug-likeness (QED) is 0.753. The summed E-state index contributed by atoms with van der Waals surface area (Å²) >= 11 is 1.62. The van der Waals surface area contributed by atoms with Gasteiger partial charge in [-0.1, -0.05) is 30.2 Å². The highest BCUT2D eigenvalue weighted by atomic mass is 32.2. The van der Waals surface area contributed by atoms with Crippen LogP contribution in [-0.4, -0.2) is 29.9 Å². The number of hydrogen-bond donors (Lipinski definition) is 2. The third kappa shape index (κ3) is 5.70. The van der Waals surface area contributed by atoms with Gasteiger partial charge in [-0.05, 0) is 48.8 Å². The maximum Gasteiger partial charge on any atom is 0.251 e. The predicted molar refractivity (Wildman–Crippen MR) is 104 cm³/mol. The minimum Gasteiger partial charge on any atom is -0.340 e. The average Bonchev–Trinajstić information content (AvgIpc) is 2.65. The molecule has 0 saturated heterocycles. The summed E-state index contributed by atoms with van der Waals surface area (Å²) in [5, 5.41) is 5.64. The van der Waals surface area contributed by atoms with Crippen molar-refractivity contribution in [2.45, 2.75) is 12.5 Å². The van der Waals surface area contributed by atoms with Crippen LogP contribution in [0.2, 0.25) is 0 Å². The van der Waals surface area contributed by atoms with E-state index in [-0.39, 0.29) is 11.8 Å². The minimum absolute atomic E-state index is 0.257. The Labute approximate surface area is 152 Å². The van der Waals surface area contributed by atoms with Crippen LogP contribution in [0.15, 0.2) is 54.6 Å². The monoisotopic (exact) mass is 352 g/mol. The Bertz CT molecular complexity index is 769. The van der Waals surface area contributed by atoms with E-state index in [1.165, 1.54) is 0 Å². The minimum atomic E-state index is -0.616. The second-order valence-corrected chi connectivity index (χ2v) is 6.37. The molecule has 1 unspecified atom stereocenters. The molecule has 0 fully saturated rings. The summed E-state index contributed by atoms with van der Waals surface area (Å²) in [6.07, 6.45) is 7.89. The van der Waals surface area contributed by atoms with Crippen LogP contribution < -0.4 is 10.6 Å². The number of anilines is 1. The molecule has 0 aliphatic rings. The van der Waals surface area contributed by atoms with Gasteiger partial charge < -0.3 is 10.6 Å². The van der Waals surface area contributed by atoms with Gasteiger partial charge in [0, 0.05) is 16.8 Å². The number of terminal acetylenes is 1. The van der Waals surface area contributed by atoms with Crippen LogP contribution in [0.25, 0.3) is 0 Å². The van der Waals surface area contributed by atoms with Gasteiger partial charge in [0.1, 0.15) is 6.04 Å². The number of benzene rings is 2. The fraction of sp³-hybridized carbons (Fsp3) is 0.200. The van der Waals surface area contributed by atoms with Crippen molar-refractivity contribution in [3.8, 4) is 12.3 Å². The first kappa shape index (κ1) is 18.6. The summed E-state index contributed by atoms with van der Waals surface area (Å²) < 4.78 is 0. The molecule has 25 heavy (non-hydrogen) atoms. The van der Waals surface area contributed by atoms with Crippen molar-refractivity contribution in [3.05, 3.63) is 65.7 Å². The van der Waals surface area contributed by atoms with Gasteiger partial charge in [-0.15, -0.1) is 6.42 Å². The second-order valence-electron chi connectivity index (χ2n) is 5.39. The van der Waals surface area contributed by atoms with Gasteiger partial charge in [-0.25, -0.2) is 0 Å². The van der Waals surface area contributed by atoms with Crippen LogP contribution in [0.1, 0.15) is 22.3 Å². The lowest BCUT2D eigenvalue weighted by molar-refractivity contribution is -0.118. The Balaban J connectivity index is 2.08. The van der Waals surface area contributed by atoms with Crippen molar-refractivity contribution in [1.29, 1.82) is 0 Å². The van der Waals surface area contributed by atoms with Gasteiger partial charge in [0.2, 0.25) is 5.91 Å². The standard InChI is InChI=1S/C20H20N2O2S/c1-3-15-8-7-11-17(14-15)21-20(24)18(12-13-25-2)22-19(23)16-9-5-4-6-10-16/h1,4-11,14,18H,12-13H2,2H3,(H,21,24)(H,22,23). The number of nitrogens with one attached hydrogen (secondary N) is 2. The molecule has 0 heterocycles. The Hall–Kier alpha value is -2.71. The highest BCUT2D eigenvalue weighted by Crippen LogP contribution is 2.12. The lowest BCUT2D eigenvalue weighted by Crippen LogP contribution is -2.44. The van der Waals surface area contributed by atoms with Crippen LogP contribution in [0, 0.1) is 12.3 Å². The van der Waals surface area contributed by atoms with Crippen molar-refractivity contribution in [1.82, 2.24) is 5.32 Å². The van der Waals surface area contributed by atoms with E-state index < -0.39 is 6.04 Å². The number of hydrogen-bond acceptors (Lipinski definition) is 3. The van der Waals surface area contributed by atoms with E-state index in [4.69, 9.17) is 6.42 Å². The van der Waals surface area contributed by atoms with E-state index >= 15 is 0 Å². The molecular formula is C20H20N2O2S. The summed E-state index contributed by atoms with van der Waals surface area (Å²) in [5.41, 5.74) is 1.83. The number of amides is 2. The Kier molecular flexibility index (Phi) is 7.12. The topological polar surface area (TPSA) is 58.2 Å². The molecule has 2 N–H and O–H groups in total. The first-order valence-electron chi connectivity index (χ1n) is 7.86. The molecule has 2 aromatic carbocycles. The molecule has 0 aliphatic carbocycles. The van der Waals surface area contributed by atoms with Gasteiger partial charge in [0.05, 0.1) is 0 Å². The fourth-order valence-electron chi connectivity index (χ4n) is 2.25. The first-order valence-corrected chi connectivity index (χ1v) is 9.26. The smallest absolute Gasteiger partial charge is 0.251 e. The van der Waals surface area contributed by atoms with Crippen molar-refractivity contribution >= 4 is 29.3 Å². The maximum atomic E-state index is 12.6. The average molecular weight is 352 g/mol. The molecule has 0 aromatic heterocycles. The van der Waals surface area contributed by atoms with Gasteiger partial charge in [0.25, 0.3) is 5.91 Å². The fourth-order valence-corrected chi connectivity index (χ4v) is 2.72. The molecule has 2 amide bonds. The molecule has 0 aliphatic heterocycles. The maximum absolute atomic E-state index is 12.6. The largest absolute Gasteiger partial charge is 0.340 e. The number of thioether (sulfide) groups is 1. The van der Waals surface area contributed by atoms with Crippen LogP contribution in [0.4, 0.5) is 5.69 Å². The summed E-state index contributed by atoms with van der Waals surface area (Å²) in [5.74, 6) is 2.77. The van der Waals surface area contributed by atoms with Crippen molar-refractivity contribution in [2.75, 3.05) is 17.3 Å². The third-order valence-corrected chi connectivity index (χ3v) is 4.21. The summed E-state index contributed by atoms with van der Waals surface area (Å²) in [6.45, 7) is 0. The van der Waals surface area contributed by atoms with E-state index in [1.54, 1.807) is 60.3 Å². The van der Waals surface area contributed by atoms with Gasteiger partial charge in [0.15, 0.2) is 0 Å². The predicted octanol–water partition coefficient (Wildman–Crippen LogP) is 3.16. The number of carbonyl (C=O) groups excluding carboxylic acids is 2. The van der Waals surface area contributed by atoms with Gasteiger partial charge >= 0.3 is 0 Å². The molecule has 128 valence electrons. The molecular weight excluding hydrogens is 332 g/mol. The Morgan fingerprint density at radius 3 is 2.60 bits per heavy atom. The highest BCUT2D eigenvalue weighted by molar-refractivity contribution is 7.98. The Morgan fingerprint density at radius 2 is 1.92 bits per heavy atom. The van der Waals surface area contributed by atoms with Gasteiger partial charge in [-0.2, -0.15) is 11.8 Å². The van der Waals surface area contributed by atoms with E-state index in [9.17, 15) is 9.59 Å². The lowest BCUT2D eigenvalue weighted by atomic mass is 10.1. The Morgan fingerprint density at radius 1 is 1.16 bits per heavy atom. The molecule has 2 aromatic rings. The zero-order valence-electron chi connectivity index (χ0n) is 14.0. The molecule has 2 rings (SSSR count). The molecule has 5 heteroatoms. The summed E-state index contributed by atoms with van der Waals surface area (Å²) in [4.78, 5) is 24.9. The molecule has 0 saturated carbocycles. The summed E-state index contributed by atoms with van der Waals surface area (Å²) in [6, 6.07) is 15.3.